The Bertz CT molecular complexity index is 1110. The van der Waals surface area contributed by atoms with Crippen molar-refractivity contribution in [3.05, 3.63) is 64.7 Å². The van der Waals surface area contributed by atoms with Gasteiger partial charge in [-0.2, -0.15) is 0 Å². The number of anilines is 1. The van der Waals surface area contributed by atoms with Crippen molar-refractivity contribution in [1.82, 2.24) is 15.5 Å². The van der Waals surface area contributed by atoms with E-state index in [1.165, 1.54) is 0 Å². The predicted molar refractivity (Wildman–Crippen MR) is 138 cm³/mol. The molecule has 9 heteroatoms. The molecule has 0 aliphatic carbocycles. The quantitative estimate of drug-likeness (QED) is 0.355. The number of benzodiazepines with no additional fused rings is 1. The van der Waals surface area contributed by atoms with Crippen molar-refractivity contribution in [2.45, 2.75) is 32.0 Å². The van der Waals surface area contributed by atoms with Gasteiger partial charge in [-0.15, -0.1) is 0 Å². The molecule has 33 heavy (non-hydrogen) atoms. The summed E-state index contributed by atoms with van der Waals surface area (Å²) in [6, 6.07) is 15.3. The van der Waals surface area contributed by atoms with Crippen molar-refractivity contribution in [3.63, 3.8) is 0 Å². The summed E-state index contributed by atoms with van der Waals surface area (Å²) in [6.45, 7) is 3.38. The van der Waals surface area contributed by atoms with Crippen LogP contribution in [-0.2, 0) is 4.79 Å². The summed E-state index contributed by atoms with van der Waals surface area (Å²) < 4.78 is 0. The first-order valence-corrected chi connectivity index (χ1v) is 11.7. The summed E-state index contributed by atoms with van der Waals surface area (Å²) in [5.41, 5.74) is 3.09. The van der Waals surface area contributed by atoms with E-state index in [1.807, 2.05) is 47.4 Å². The van der Waals surface area contributed by atoms with E-state index in [0.717, 1.165) is 36.2 Å². The summed E-state index contributed by atoms with van der Waals surface area (Å²) in [7, 11) is 1.73. The van der Waals surface area contributed by atoms with Gasteiger partial charge in [-0.1, -0.05) is 41.9 Å². The van der Waals surface area contributed by atoms with Crippen molar-refractivity contribution in [2.75, 3.05) is 25.0 Å². The number of piperidine rings is 1. The molecule has 0 saturated carbocycles. The molecule has 0 radical (unpaired) electrons. The number of hydrogen-bond acceptors (Lipinski definition) is 4. The Morgan fingerprint density at radius 3 is 2.70 bits per heavy atom. The maximum absolute atomic E-state index is 13.3. The van der Waals surface area contributed by atoms with Gasteiger partial charge in [0.05, 0.1) is 17.2 Å². The van der Waals surface area contributed by atoms with E-state index in [1.54, 1.807) is 24.9 Å². The van der Waals surface area contributed by atoms with Gasteiger partial charge in [-0.3, -0.25) is 10.2 Å². The number of nitrogens with zero attached hydrogens (tertiary/aromatic N) is 3. The Morgan fingerprint density at radius 1 is 1.21 bits per heavy atom. The van der Waals surface area contributed by atoms with Crippen molar-refractivity contribution in [2.24, 2.45) is 4.99 Å². The second kappa shape index (κ2) is 9.89. The first-order chi connectivity index (χ1) is 15.8. The number of carbonyl (C=O) groups is 1. The first kappa shape index (κ1) is 23.2. The minimum Gasteiger partial charge on any atom is -0.359 e. The molecular formula is C24H27ClN6OS. The minimum atomic E-state index is -0.888. The third kappa shape index (κ3) is 5.17. The van der Waals surface area contributed by atoms with Crippen molar-refractivity contribution in [3.8, 4) is 0 Å². The maximum Gasteiger partial charge on any atom is 0.272 e. The lowest BCUT2D eigenvalue weighted by molar-refractivity contribution is -0.119. The number of nitrogens with one attached hydrogen (secondary N) is 3. The molecule has 2 heterocycles. The Hall–Kier alpha value is -2.97. The predicted octanol–water partition coefficient (Wildman–Crippen LogP) is 3.41. The number of halogens is 1. The fourth-order valence-corrected chi connectivity index (χ4v) is 4.67. The van der Waals surface area contributed by atoms with E-state index in [2.05, 4.69) is 10.6 Å². The highest BCUT2D eigenvalue weighted by molar-refractivity contribution is 7.80. The molecule has 0 bridgehead atoms. The molecule has 4 rings (SSSR count). The van der Waals surface area contributed by atoms with Gasteiger partial charge in [0.1, 0.15) is 0 Å². The number of hydrogen-bond donors (Lipinski definition) is 3. The smallest absolute Gasteiger partial charge is 0.272 e. The van der Waals surface area contributed by atoms with Crippen LogP contribution in [0, 0.1) is 5.41 Å². The summed E-state index contributed by atoms with van der Waals surface area (Å²) in [5.74, 6) is 0.337. The lowest BCUT2D eigenvalue weighted by atomic mass is 10.0. The third-order valence-electron chi connectivity index (χ3n) is 5.94. The highest BCUT2D eigenvalue weighted by Gasteiger charge is 2.31. The second-order valence-corrected chi connectivity index (χ2v) is 9.14. The van der Waals surface area contributed by atoms with Gasteiger partial charge < -0.3 is 20.4 Å². The second-order valence-electron chi connectivity index (χ2n) is 8.29. The summed E-state index contributed by atoms with van der Waals surface area (Å²) in [4.78, 5) is 21.8. The number of thiocarbonyl (C=S) groups is 1. The van der Waals surface area contributed by atoms with Crippen molar-refractivity contribution in [1.29, 1.82) is 5.41 Å². The van der Waals surface area contributed by atoms with Crippen molar-refractivity contribution >= 4 is 52.1 Å². The van der Waals surface area contributed by atoms with Crippen LogP contribution in [0.25, 0.3) is 0 Å². The van der Waals surface area contributed by atoms with Gasteiger partial charge in [0.15, 0.2) is 5.11 Å². The number of amidine groups is 1. The average molecular weight is 483 g/mol. The van der Waals surface area contributed by atoms with E-state index in [4.69, 9.17) is 34.2 Å². The summed E-state index contributed by atoms with van der Waals surface area (Å²) in [6.07, 6.45) is 1.04. The van der Waals surface area contributed by atoms with Crippen LogP contribution in [0.2, 0.25) is 5.02 Å². The van der Waals surface area contributed by atoms with Gasteiger partial charge in [0.2, 0.25) is 6.17 Å². The molecule has 1 fully saturated rings. The molecule has 7 nitrogen and oxygen atoms in total. The van der Waals surface area contributed by atoms with Crippen LogP contribution in [0.15, 0.2) is 53.5 Å². The molecule has 1 amide bonds. The largest absolute Gasteiger partial charge is 0.359 e. The number of rotatable bonds is 3. The SMILES string of the molecule is CC(=N)N1CCCC(NC(=S)NC2N=C(c3ccccc3)c3cc(Cl)ccc3N(C)C2=O)C1. The molecule has 0 aromatic heterocycles. The standard InChI is InChI=1S/C24H27ClN6OS/c1-15(26)31-12-6-9-18(14-31)27-24(33)29-22-23(32)30(2)20-11-10-17(25)13-19(20)21(28-22)16-7-4-3-5-8-16/h3-5,7-8,10-11,13,18,22,26H,6,9,12,14H2,1-2H3,(H2,27,29,33). The molecule has 2 unspecified atom stereocenters. The van der Waals surface area contributed by atoms with E-state index in [-0.39, 0.29) is 11.9 Å². The van der Waals surface area contributed by atoms with Gasteiger partial charge in [-0.25, -0.2) is 4.99 Å². The Morgan fingerprint density at radius 2 is 1.97 bits per heavy atom. The van der Waals surface area contributed by atoms with Crippen LogP contribution in [0.3, 0.4) is 0 Å². The van der Waals surface area contributed by atoms with Gasteiger partial charge in [0, 0.05) is 42.3 Å². The zero-order chi connectivity index (χ0) is 23.5. The molecule has 3 N–H and O–H groups in total. The molecule has 2 aliphatic rings. The topological polar surface area (TPSA) is 83.8 Å². The Balaban J connectivity index is 1.61. The fourth-order valence-electron chi connectivity index (χ4n) is 4.22. The lowest BCUT2D eigenvalue weighted by Gasteiger charge is -2.34. The number of amides is 1. The number of aliphatic imine (C=N–C) groups is 1. The Kier molecular flexibility index (Phi) is 6.95. The normalized spacial score (nSPS) is 20.5. The van der Waals surface area contributed by atoms with Gasteiger partial charge >= 0.3 is 0 Å². The zero-order valence-corrected chi connectivity index (χ0v) is 20.2. The molecule has 2 aromatic carbocycles. The molecule has 2 aliphatic heterocycles. The minimum absolute atomic E-state index is 0.103. The van der Waals surface area contributed by atoms with E-state index >= 15 is 0 Å². The number of likely N-dealkylation sites (tertiary alicyclic amines) is 1. The van der Waals surface area contributed by atoms with E-state index < -0.39 is 6.17 Å². The molecular weight excluding hydrogens is 456 g/mol. The molecule has 0 spiro atoms. The number of likely N-dealkylation sites (N-methyl/N-ethyl adjacent to an activating group) is 1. The van der Waals surface area contributed by atoms with Crippen molar-refractivity contribution < 1.29 is 4.79 Å². The van der Waals surface area contributed by atoms with E-state index in [0.29, 0.717) is 28.2 Å². The van der Waals surface area contributed by atoms with Crippen LogP contribution < -0.4 is 15.5 Å². The molecule has 2 aromatic rings. The van der Waals surface area contributed by atoms with Crippen LogP contribution in [0.5, 0.6) is 0 Å². The number of fused-ring (bicyclic) bond motifs is 1. The molecule has 172 valence electrons. The Labute approximate surface area is 204 Å². The van der Waals surface area contributed by atoms with Gasteiger partial charge in [-0.05, 0) is 50.2 Å². The summed E-state index contributed by atoms with van der Waals surface area (Å²) >= 11 is 11.9. The average Bonchev–Trinajstić information content (AvgIpc) is 2.90. The highest BCUT2D eigenvalue weighted by atomic mass is 35.5. The van der Waals surface area contributed by atoms with Gasteiger partial charge in [0.25, 0.3) is 5.91 Å². The monoisotopic (exact) mass is 482 g/mol. The fraction of sp³-hybridized carbons (Fsp3) is 0.333. The molecule has 1 saturated heterocycles. The van der Waals surface area contributed by atoms with Crippen LogP contribution in [0.1, 0.15) is 30.9 Å². The maximum atomic E-state index is 13.3. The highest BCUT2D eigenvalue weighted by Crippen LogP contribution is 2.29. The van der Waals surface area contributed by atoms with Crippen LogP contribution in [0.4, 0.5) is 5.69 Å². The first-order valence-electron chi connectivity index (χ1n) is 10.9. The zero-order valence-electron chi connectivity index (χ0n) is 18.6. The lowest BCUT2D eigenvalue weighted by Crippen LogP contribution is -2.54. The van der Waals surface area contributed by atoms with Crippen LogP contribution in [-0.4, -0.2) is 59.8 Å². The number of benzene rings is 2. The number of carbonyl (C=O) groups excluding carboxylic acids is 1. The van der Waals surface area contributed by atoms with Crippen LogP contribution >= 0.6 is 23.8 Å². The van der Waals surface area contributed by atoms with E-state index in [9.17, 15) is 4.79 Å². The molecule has 2 atom stereocenters. The summed E-state index contributed by atoms with van der Waals surface area (Å²) in [5, 5.41) is 15.3. The third-order valence-corrected chi connectivity index (χ3v) is 6.41.